The number of carbonyl (C=O) groups excluding carboxylic acids is 2. The van der Waals surface area contributed by atoms with Gasteiger partial charge in [-0.15, -0.1) is 0 Å². The number of aliphatic imine (C=N–C) groups is 1. The molecule has 1 aliphatic heterocycles. The van der Waals surface area contributed by atoms with Crippen LogP contribution in [0.25, 0.3) is 6.08 Å². The van der Waals surface area contributed by atoms with Gasteiger partial charge in [0.05, 0.1) is 15.1 Å². The summed E-state index contributed by atoms with van der Waals surface area (Å²) in [7, 11) is 0. The van der Waals surface area contributed by atoms with Gasteiger partial charge in [0.2, 0.25) is 0 Å². The Hall–Kier alpha value is -3.07. The molecule has 0 atom stereocenters. The molecule has 0 aliphatic carbocycles. The van der Waals surface area contributed by atoms with Gasteiger partial charge in [0.1, 0.15) is 5.75 Å². The van der Waals surface area contributed by atoms with Crippen molar-refractivity contribution in [2.45, 2.75) is 13.8 Å². The second-order valence-electron chi connectivity index (χ2n) is 7.81. The number of benzene rings is 3. The zero-order chi connectivity index (χ0) is 24.9. The van der Waals surface area contributed by atoms with Gasteiger partial charge in [-0.05, 0) is 95.1 Å². The van der Waals surface area contributed by atoms with Gasteiger partial charge in [-0.2, -0.15) is 0 Å². The number of aryl methyl sites for hydroxylation is 2. The van der Waals surface area contributed by atoms with Crippen LogP contribution in [0.4, 0.5) is 11.4 Å². The van der Waals surface area contributed by atoms with Crippen molar-refractivity contribution >= 4 is 73.7 Å². The molecule has 1 heterocycles. The highest BCUT2D eigenvalue weighted by Gasteiger charge is 2.24. The fourth-order valence-electron chi connectivity index (χ4n) is 3.10. The third kappa shape index (κ3) is 6.75. The first kappa shape index (κ1) is 25.0. The molecular formula is C26H21BrClN3O3S. The molecule has 2 amide bonds. The molecule has 3 aromatic rings. The third-order valence-electron chi connectivity index (χ3n) is 4.98. The summed E-state index contributed by atoms with van der Waals surface area (Å²) in [6, 6.07) is 18.4. The minimum Gasteiger partial charge on any atom is -0.483 e. The SMILES string of the molecule is Cc1ccc(N=C2NC(=O)/C(=C/c3ccc(OCC(=O)Nc4ccc(C)c(Cl)c4)c(Br)c3)S2)cc1. The molecule has 6 nitrogen and oxygen atoms in total. The number of rotatable bonds is 6. The number of amidine groups is 1. The van der Waals surface area contributed by atoms with E-state index in [0.717, 1.165) is 22.4 Å². The van der Waals surface area contributed by atoms with Crippen molar-refractivity contribution in [1.82, 2.24) is 5.32 Å². The van der Waals surface area contributed by atoms with E-state index in [1.54, 1.807) is 24.3 Å². The van der Waals surface area contributed by atoms with Crippen LogP contribution in [0, 0.1) is 13.8 Å². The Kier molecular flexibility index (Phi) is 7.95. The van der Waals surface area contributed by atoms with Crippen molar-refractivity contribution in [1.29, 1.82) is 0 Å². The van der Waals surface area contributed by atoms with E-state index in [9.17, 15) is 9.59 Å². The van der Waals surface area contributed by atoms with E-state index in [1.165, 1.54) is 11.8 Å². The molecule has 2 N–H and O–H groups in total. The smallest absolute Gasteiger partial charge is 0.264 e. The summed E-state index contributed by atoms with van der Waals surface area (Å²) in [4.78, 5) is 29.6. The van der Waals surface area contributed by atoms with Crippen LogP contribution in [0.2, 0.25) is 5.02 Å². The highest BCUT2D eigenvalue weighted by Crippen LogP contribution is 2.31. The number of thioether (sulfide) groups is 1. The van der Waals surface area contributed by atoms with Crippen LogP contribution < -0.4 is 15.4 Å². The number of amides is 2. The molecule has 1 fully saturated rings. The number of hydrogen-bond acceptors (Lipinski definition) is 5. The van der Waals surface area contributed by atoms with Gasteiger partial charge in [0.15, 0.2) is 11.8 Å². The Morgan fingerprint density at radius 2 is 1.91 bits per heavy atom. The summed E-state index contributed by atoms with van der Waals surface area (Å²) in [6.45, 7) is 3.74. The van der Waals surface area contributed by atoms with E-state index < -0.39 is 0 Å². The number of nitrogens with zero attached hydrogens (tertiary/aromatic N) is 1. The highest BCUT2D eigenvalue weighted by atomic mass is 79.9. The fourth-order valence-corrected chi connectivity index (χ4v) is 4.64. The standard InChI is InChI=1S/C26H21BrClN3O3S/c1-15-3-7-18(8-4-15)30-26-31-25(33)23(35-26)12-17-6-10-22(20(27)11-17)34-14-24(32)29-19-9-5-16(2)21(28)13-19/h3-13H,14H2,1-2H3,(H,29,32)(H,30,31,33)/b23-12-. The lowest BCUT2D eigenvalue weighted by Gasteiger charge is -2.10. The average Bonchev–Trinajstić information content (AvgIpc) is 3.15. The number of hydrogen-bond donors (Lipinski definition) is 2. The maximum Gasteiger partial charge on any atom is 0.264 e. The Labute approximate surface area is 220 Å². The van der Waals surface area contributed by atoms with Crippen LogP contribution in [0.15, 0.2) is 75.0 Å². The normalized spacial score (nSPS) is 15.4. The largest absolute Gasteiger partial charge is 0.483 e. The van der Waals surface area contributed by atoms with Crippen LogP contribution in [0.3, 0.4) is 0 Å². The first-order chi connectivity index (χ1) is 16.8. The van der Waals surface area contributed by atoms with Gasteiger partial charge in [0.25, 0.3) is 11.8 Å². The van der Waals surface area contributed by atoms with Crippen LogP contribution in [0.5, 0.6) is 5.75 Å². The molecule has 0 saturated carbocycles. The molecule has 0 spiro atoms. The summed E-state index contributed by atoms with van der Waals surface area (Å²) in [5.41, 5.74) is 4.26. The van der Waals surface area contributed by atoms with Gasteiger partial charge >= 0.3 is 0 Å². The summed E-state index contributed by atoms with van der Waals surface area (Å²) >= 11 is 10.9. The minimum atomic E-state index is -0.303. The molecule has 0 bridgehead atoms. The summed E-state index contributed by atoms with van der Waals surface area (Å²) < 4.78 is 6.31. The lowest BCUT2D eigenvalue weighted by atomic mass is 10.2. The van der Waals surface area contributed by atoms with E-state index >= 15 is 0 Å². The van der Waals surface area contributed by atoms with E-state index in [2.05, 4.69) is 31.6 Å². The zero-order valence-corrected chi connectivity index (χ0v) is 22.1. The van der Waals surface area contributed by atoms with Crippen LogP contribution in [-0.2, 0) is 9.59 Å². The van der Waals surface area contributed by atoms with Crippen molar-refractivity contribution in [3.8, 4) is 5.75 Å². The Morgan fingerprint density at radius 3 is 2.63 bits per heavy atom. The maximum atomic E-state index is 12.4. The molecule has 9 heteroatoms. The van der Waals surface area contributed by atoms with E-state index in [-0.39, 0.29) is 18.4 Å². The van der Waals surface area contributed by atoms with Crippen LogP contribution >= 0.6 is 39.3 Å². The van der Waals surface area contributed by atoms with E-state index in [4.69, 9.17) is 16.3 Å². The molecule has 35 heavy (non-hydrogen) atoms. The van der Waals surface area contributed by atoms with Crippen molar-refractivity contribution in [3.05, 3.63) is 91.8 Å². The van der Waals surface area contributed by atoms with Crippen molar-refractivity contribution in [3.63, 3.8) is 0 Å². The topological polar surface area (TPSA) is 79.8 Å². The first-order valence-electron chi connectivity index (χ1n) is 10.6. The van der Waals surface area contributed by atoms with Gasteiger partial charge < -0.3 is 15.4 Å². The predicted octanol–water partition coefficient (Wildman–Crippen LogP) is 6.63. The van der Waals surface area contributed by atoms with Crippen LogP contribution in [0.1, 0.15) is 16.7 Å². The van der Waals surface area contributed by atoms with Crippen molar-refractivity contribution < 1.29 is 14.3 Å². The molecule has 0 radical (unpaired) electrons. The molecule has 178 valence electrons. The van der Waals surface area contributed by atoms with E-state index in [0.29, 0.717) is 31.0 Å². The first-order valence-corrected chi connectivity index (χ1v) is 12.6. The Bertz CT molecular complexity index is 1360. The average molecular weight is 571 g/mol. The molecule has 3 aromatic carbocycles. The Balaban J connectivity index is 1.37. The van der Waals surface area contributed by atoms with E-state index in [1.807, 2.05) is 56.3 Å². The lowest BCUT2D eigenvalue weighted by molar-refractivity contribution is -0.118. The molecule has 1 saturated heterocycles. The number of carbonyl (C=O) groups is 2. The molecule has 1 aliphatic rings. The molecule has 0 unspecified atom stereocenters. The summed E-state index contributed by atoms with van der Waals surface area (Å²) in [6.07, 6.45) is 1.78. The number of nitrogens with one attached hydrogen (secondary N) is 2. The minimum absolute atomic E-state index is 0.165. The van der Waals surface area contributed by atoms with Crippen molar-refractivity contribution in [2.24, 2.45) is 4.99 Å². The number of halogens is 2. The molecule has 4 rings (SSSR count). The number of ether oxygens (including phenoxy) is 1. The van der Waals surface area contributed by atoms with Crippen LogP contribution in [-0.4, -0.2) is 23.6 Å². The monoisotopic (exact) mass is 569 g/mol. The van der Waals surface area contributed by atoms with Gasteiger partial charge in [-0.25, -0.2) is 4.99 Å². The quantitative estimate of drug-likeness (QED) is 0.326. The number of anilines is 1. The lowest BCUT2D eigenvalue weighted by Crippen LogP contribution is -2.20. The third-order valence-corrected chi connectivity index (χ3v) is 6.92. The fraction of sp³-hybridized carbons (Fsp3) is 0.115. The second kappa shape index (κ2) is 11.1. The van der Waals surface area contributed by atoms with Crippen molar-refractivity contribution in [2.75, 3.05) is 11.9 Å². The van der Waals surface area contributed by atoms with Gasteiger partial charge in [-0.3, -0.25) is 9.59 Å². The second-order valence-corrected chi connectivity index (χ2v) is 10.1. The maximum absolute atomic E-state index is 12.4. The predicted molar refractivity (Wildman–Crippen MR) is 146 cm³/mol. The molecule has 0 aromatic heterocycles. The Morgan fingerprint density at radius 1 is 1.14 bits per heavy atom. The molecular weight excluding hydrogens is 550 g/mol. The summed E-state index contributed by atoms with van der Waals surface area (Å²) in [5.74, 6) is 0.00186. The zero-order valence-electron chi connectivity index (χ0n) is 18.9. The highest BCUT2D eigenvalue weighted by molar-refractivity contribution is 9.10. The van der Waals surface area contributed by atoms with Gasteiger partial charge in [-0.1, -0.05) is 41.4 Å². The summed E-state index contributed by atoms with van der Waals surface area (Å²) in [5, 5.41) is 6.66. The van der Waals surface area contributed by atoms with Gasteiger partial charge in [0, 0.05) is 10.7 Å².